The molecule has 1 aliphatic rings. The zero-order chi connectivity index (χ0) is 13.5. The van der Waals surface area contributed by atoms with Crippen LogP contribution >= 0.6 is 11.6 Å². The van der Waals surface area contributed by atoms with Gasteiger partial charge in [0.25, 0.3) is 0 Å². The smallest absolute Gasteiger partial charge is 0.321 e. The third-order valence-corrected chi connectivity index (χ3v) is 3.50. The second-order valence-corrected chi connectivity index (χ2v) is 5.14. The van der Waals surface area contributed by atoms with E-state index in [0.717, 1.165) is 0 Å². The number of carbonyl (C=O) groups is 1. The third kappa shape index (κ3) is 2.00. The van der Waals surface area contributed by atoms with Crippen LogP contribution in [-0.2, 0) is 10.2 Å². The van der Waals surface area contributed by atoms with E-state index in [-0.39, 0.29) is 6.79 Å². The second kappa shape index (κ2) is 4.33. The van der Waals surface area contributed by atoms with Crippen LogP contribution in [0.1, 0.15) is 19.4 Å². The quantitative estimate of drug-likeness (QED) is 0.875. The molecule has 0 aliphatic carbocycles. The van der Waals surface area contributed by atoms with Crippen LogP contribution in [0.2, 0.25) is 5.02 Å². The monoisotopic (exact) mass is 271 g/mol. The molecular weight excluding hydrogens is 258 g/mol. The highest BCUT2D eigenvalue weighted by molar-refractivity contribution is 6.32. The summed E-state index contributed by atoms with van der Waals surface area (Å²) in [5, 5.41) is 9.42. The molecule has 0 fully saturated rings. The molecule has 0 aromatic heterocycles. The first-order chi connectivity index (χ1) is 8.34. The van der Waals surface area contributed by atoms with Crippen molar-refractivity contribution in [1.29, 1.82) is 0 Å². The normalized spacial score (nSPS) is 15.6. The topological polar surface area (TPSA) is 81.8 Å². The zero-order valence-corrected chi connectivity index (χ0v) is 10.8. The molecule has 3 N–H and O–H groups in total. The molecule has 18 heavy (non-hydrogen) atoms. The Labute approximate surface area is 109 Å². The number of aliphatic carboxylic acids is 1. The minimum atomic E-state index is -1.06. The van der Waals surface area contributed by atoms with Crippen molar-refractivity contribution in [2.75, 3.05) is 6.79 Å². The predicted molar refractivity (Wildman–Crippen MR) is 66.2 cm³/mol. The van der Waals surface area contributed by atoms with Gasteiger partial charge in [-0.2, -0.15) is 0 Å². The molecule has 2 rings (SSSR count). The van der Waals surface area contributed by atoms with E-state index in [2.05, 4.69) is 0 Å². The van der Waals surface area contributed by atoms with Crippen molar-refractivity contribution in [3.05, 3.63) is 22.7 Å². The van der Waals surface area contributed by atoms with Gasteiger partial charge in [-0.15, -0.1) is 0 Å². The molecule has 1 atom stereocenters. The second-order valence-electron chi connectivity index (χ2n) is 4.73. The Hall–Kier alpha value is -1.46. The summed E-state index contributed by atoms with van der Waals surface area (Å²) in [5.74, 6) is -0.0583. The molecule has 6 heteroatoms. The Morgan fingerprint density at radius 2 is 2.17 bits per heavy atom. The number of fused-ring (bicyclic) bond motifs is 1. The molecule has 1 aliphatic heterocycles. The van der Waals surface area contributed by atoms with Gasteiger partial charge < -0.3 is 20.3 Å². The van der Waals surface area contributed by atoms with E-state index < -0.39 is 17.4 Å². The fourth-order valence-corrected chi connectivity index (χ4v) is 2.09. The van der Waals surface area contributed by atoms with Crippen molar-refractivity contribution < 1.29 is 19.4 Å². The maximum atomic E-state index is 11.0. The highest BCUT2D eigenvalue weighted by Gasteiger charge is 2.35. The van der Waals surface area contributed by atoms with Gasteiger partial charge in [0, 0.05) is 5.41 Å². The fraction of sp³-hybridized carbons (Fsp3) is 0.417. The average Bonchev–Trinajstić information content (AvgIpc) is 2.76. The Morgan fingerprint density at radius 3 is 2.78 bits per heavy atom. The molecule has 0 spiro atoms. The maximum Gasteiger partial charge on any atom is 0.321 e. The number of benzene rings is 1. The summed E-state index contributed by atoms with van der Waals surface area (Å²) in [6.07, 6.45) is 0. The number of ether oxygens (including phenoxy) is 2. The van der Waals surface area contributed by atoms with E-state index in [1.165, 1.54) is 0 Å². The van der Waals surface area contributed by atoms with Gasteiger partial charge >= 0.3 is 5.97 Å². The van der Waals surface area contributed by atoms with E-state index >= 15 is 0 Å². The summed E-state index contributed by atoms with van der Waals surface area (Å²) in [4.78, 5) is 11.0. The molecule has 0 radical (unpaired) electrons. The summed E-state index contributed by atoms with van der Waals surface area (Å²) in [6, 6.07) is 2.35. The van der Waals surface area contributed by atoms with E-state index in [1.807, 2.05) is 0 Å². The summed E-state index contributed by atoms with van der Waals surface area (Å²) in [7, 11) is 0. The predicted octanol–water partition coefficient (Wildman–Crippen LogP) is 1.76. The van der Waals surface area contributed by atoms with Crippen molar-refractivity contribution in [2.45, 2.75) is 25.3 Å². The zero-order valence-electron chi connectivity index (χ0n) is 10.1. The van der Waals surface area contributed by atoms with Crippen LogP contribution in [-0.4, -0.2) is 23.9 Å². The minimum absolute atomic E-state index is 0.115. The molecule has 5 nitrogen and oxygen atoms in total. The SMILES string of the molecule is CC(C)(c1cc(Cl)c2c(c1)OCO2)C(N)C(=O)O. The Morgan fingerprint density at radius 1 is 1.50 bits per heavy atom. The van der Waals surface area contributed by atoms with Crippen LogP contribution in [0.3, 0.4) is 0 Å². The van der Waals surface area contributed by atoms with E-state index in [9.17, 15) is 4.79 Å². The van der Waals surface area contributed by atoms with Crippen LogP contribution in [0.4, 0.5) is 0 Å². The molecule has 0 saturated carbocycles. The van der Waals surface area contributed by atoms with Gasteiger partial charge in [-0.1, -0.05) is 25.4 Å². The van der Waals surface area contributed by atoms with Crippen molar-refractivity contribution in [3.63, 3.8) is 0 Å². The number of halogens is 1. The van der Waals surface area contributed by atoms with Gasteiger partial charge in [-0.3, -0.25) is 4.79 Å². The van der Waals surface area contributed by atoms with Crippen molar-refractivity contribution >= 4 is 17.6 Å². The number of rotatable bonds is 3. The lowest BCUT2D eigenvalue weighted by Gasteiger charge is -2.29. The number of carboxylic acid groups (broad SMARTS) is 1. The molecule has 1 unspecified atom stereocenters. The number of carboxylic acids is 1. The molecule has 0 bridgehead atoms. The van der Waals surface area contributed by atoms with Gasteiger partial charge in [0.05, 0.1) is 5.02 Å². The van der Waals surface area contributed by atoms with Gasteiger partial charge in [0.15, 0.2) is 11.5 Å². The standard InChI is InChI=1S/C12H14ClNO4/c1-12(2,10(14)11(15)16)6-3-7(13)9-8(4-6)17-5-18-9/h3-4,10H,5,14H2,1-2H3,(H,15,16). The molecule has 0 amide bonds. The Kier molecular flexibility index (Phi) is 3.12. The summed E-state index contributed by atoms with van der Waals surface area (Å²) >= 11 is 6.07. The van der Waals surface area contributed by atoms with Crippen molar-refractivity contribution in [2.24, 2.45) is 5.73 Å². The fourth-order valence-electron chi connectivity index (χ4n) is 1.83. The number of nitrogens with two attached hydrogens (primary N) is 1. The highest BCUT2D eigenvalue weighted by Crippen LogP contribution is 2.42. The molecule has 1 aromatic rings. The van der Waals surface area contributed by atoms with Gasteiger partial charge in [-0.05, 0) is 17.7 Å². The van der Waals surface area contributed by atoms with Crippen LogP contribution in [0, 0.1) is 0 Å². The maximum absolute atomic E-state index is 11.0. The largest absolute Gasteiger partial charge is 0.480 e. The summed E-state index contributed by atoms with van der Waals surface area (Å²) in [5.41, 5.74) is 5.64. The minimum Gasteiger partial charge on any atom is -0.480 e. The molecule has 1 aromatic carbocycles. The third-order valence-electron chi connectivity index (χ3n) is 3.21. The highest BCUT2D eigenvalue weighted by atomic mass is 35.5. The van der Waals surface area contributed by atoms with Gasteiger partial charge in [0.2, 0.25) is 6.79 Å². The Bertz CT molecular complexity index is 501. The summed E-state index contributed by atoms with van der Waals surface area (Å²) in [6.45, 7) is 3.61. The van der Waals surface area contributed by atoms with Gasteiger partial charge in [0.1, 0.15) is 6.04 Å². The van der Waals surface area contributed by atoms with E-state index in [1.54, 1.807) is 26.0 Å². The average molecular weight is 272 g/mol. The lowest BCUT2D eigenvalue weighted by molar-refractivity contribution is -0.140. The van der Waals surface area contributed by atoms with Crippen molar-refractivity contribution in [1.82, 2.24) is 0 Å². The lowest BCUT2D eigenvalue weighted by Crippen LogP contribution is -2.46. The molecule has 1 heterocycles. The van der Waals surface area contributed by atoms with Crippen LogP contribution in [0.25, 0.3) is 0 Å². The van der Waals surface area contributed by atoms with Crippen molar-refractivity contribution in [3.8, 4) is 11.5 Å². The van der Waals surface area contributed by atoms with Crippen LogP contribution < -0.4 is 15.2 Å². The Balaban J connectivity index is 2.45. The first-order valence-electron chi connectivity index (χ1n) is 5.42. The molecule has 0 saturated heterocycles. The lowest BCUT2D eigenvalue weighted by atomic mass is 9.78. The van der Waals surface area contributed by atoms with Crippen LogP contribution in [0.15, 0.2) is 12.1 Å². The number of hydrogen-bond acceptors (Lipinski definition) is 4. The molecule has 98 valence electrons. The van der Waals surface area contributed by atoms with Crippen LogP contribution in [0.5, 0.6) is 11.5 Å². The molecular formula is C12H14ClNO4. The number of hydrogen-bond donors (Lipinski definition) is 2. The summed E-state index contributed by atoms with van der Waals surface area (Å²) < 4.78 is 10.5. The van der Waals surface area contributed by atoms with E-state index in [0.29, 0.717) is 22.1 Å². The van der Waals surface area contributed by atoms with E-state index in [4.69, 9.17) is 31.9 Å². The first kappa shape index (κ1) is 13.0. The van der Waals surface area contributed by atoms with Gasteiger partial charge in [-0.25, -0.2) is 0 Å². The first-order valence-corrected chi connectivity index (χ1v) is 5.80.